The molecule has 2 unspecified atom stereocenters. The van der Waals surface area contributed by atoms with Crippen LogP contribution in [0.3, 0.4) is 0 Å². The Kier molecular flexibility index (Phi) is 9.36. The molecule has 7 aliphatic rings. The van der Waals surface area contributed by atoms with E-state index in [9.17, 15) is 0 Å². The summed E-state index contributed by atoms with van der Waals surface area (Å²) < 4.78 is 0. The van der Waals surface area contributed by atoms with E-state index in [-0.39, 0.29) is 44.7 Å². The molecule has 374 valence electrons. The highest BCUT2D eigenvalue weighted by molar-refractivity contribution is 7.00. The van der Waals surface area contributed by atoms with Gasteiger partial charge in [-0.25, -0.2) is 0 Å². The van der Waals surface area contributed by atoms with E-state index in [1.54, 1.807) is 5.56 Å². The first-order chi connectivity index (χ1) is 35.1. The number of rotatable bonds is 4. The van der Waals surface area contributed by atoms with Crippen LogP contribution in [0.1, 0.15) is 179 Å². The van der Waals surface area contributed by atoms with Gasteiger partial charge in [0.2, 0.25) is 0 Å². The first-order valence-corrected chi connectivity index (χ1v) is 28.4. The number of fused-ring (bicyclic) bond motifs is 12. The summed E-state index contributed by atoms with van der Waals surface area (Å²) in [5.41, 5.74) is 29.3. The van der Waals surface area contributed by atoms with Gasteiger partial charge in [0.25, 0.3) is 6.71 Å². The first kappa shape index (κ1) is 46.5. The van der Waals surface area contributed by atoms with Crippen LogP contribution in [0.2, 0.25) is 0 Å². The largest absolute Gasteiger partial charge is 0.335 e. The third kappa shape index (κ3) is 5.98. The third-order valence-corrected chi connectivity index (χ3v) is 21.4. The fourth-order valence-electron chi connectivity index (χ4n) is 16.6. The van der Waals surface area contributed by atoms with E-state index in [1.807, 2.05) is 0 Å². The lowest BCUT2D eigenvalue weighted by molar-refractivity contribution is 0.195. The second kappa shape index (κ2) is 14.9. The zero-order chi connectivity index (χ0) is 51.4. The van der Waals surface area contributed by atoms with Crippen molar-refractivity contribution in [1.82, 2.24) is 0 Å². The SMILES string of the molecule is Cc1cc2c3c(c1)N1c4c(cccc4C4(C)CCCCC14C)B3c1ccc(N(c3ccc4c(c3)C(C)(C)CCC4(C)C)c3ccc4c(c3)C(C)(C)CCC4(C)C)cc1N2c1cccc2c1-c1ccccc1C2(C)C. The maximum absolute atomic E-state index is 2.88. The average Bonchev–Trinajstić information content (AvgIpc) is 3.74. The van der Waals surface area contributed by atoms with Crippen molar-refractivity contribution < 1.29 is 0 Å². The molecule has 74 heavy (non-hydrogen) atoms. The standard InChI is InChI=1S/C70H76BN3/c1-43-38-59-62-60(39-43)74-63-52(69(12)32-16-17-33-70(69,74)13)23-18-24-56(63)71(62)55-31-28-46(42-58(55)73(59)57-25-19-22-51-61(57)47-20-14-15-21-48(47)68(51,10)11)72(44-26-29-49-53(40-44)66(6,7)36-34-64(49,2)3)45-27-30-50-54(41-45)67(8,9)37-35-65(50,4)5/h14-15,18-31,38-42H,16-17,32-37H2,1-13H3. The topological polar surface area (TPSA) is 9.72 Å². The zero-order valence-corrected chi connectivity index (χ0v) is 46.7. The Labute approximate surface area is 443 Å². The van der Waals surface area contributed by atoms with Crippen molar-refractivity contribution in [3.05, 3.63) is 172 Å². The number of hydrogen-bond acceptors (Lipinski definition) is 3. The molecule has 14 rings (SSSR count). The fourth-order valence-corrected chi connectivity index (χ4v) is 16.6. The van der Waals surface area contributed by atoms with E-state index >= 15 is 0 Å². The molecule has 4 heteroatoms. The molecule has 3 aliphatic heterocycles. The molecule has 3 nitrogen and oxygen atoms in total. The first-order valence-electron chi connectivity index (χ1n) is 28.4. The number of aryl methyl sites for hydroxylation is 1. The van der Waals surface area contributed by atoms with E-state index in [4.69, 9.17) is 0 Å². The minimum absolute atomic E-state index is 0.0278. The highest BCUT2D eigenvalue weighted by Gasteiger charge is 2.61. The maximum Gasteiger partial charge on any atom is 0.252 e. The lowest BCUT2D eigenvalue weighted by atomic mass is 9.33. The Balaban J connectivity index is 1.07. The summed E-state index contributed by atoms with van der Waals surface area (Å²) in [6, 6.07) is 51.6. The van der Waals surface area contributed by atoms with Crippen LogP contribution in [-0.4, -0.2) is 12.3 Å². The lowest BCUT2D eigenvalue weighted by Crippen LogP contribution is -2.64. The molecular weight excluding hydrogens is 894 g/mol. The van der Waals surface area contributed by atoms with Crippen LogP contribution in [0.15, 0.2) is 127 Å². The quantitative estimate of drug-likeness (QED) is 0.163. The molecule has 0 bridgehead atoms. The summed E-state index contributed by atoms with van der Waals surface area (Å²) in [5, 5.41) is 0. The van der Waals surface area contributed by atoms with E-state index in [0.29, 0.717) is 0 Å². The van der Waals surface area contributed by atoms with Gasteiger partial charge in [-0.15, -0.1) is 0 Å². The molecule has 0 aromatic heterocycles. The summed E-state index contributed by atoms with van der Waals surface area (Å²) in [6.07, 6.45) is 9.70. The average molecular weight is 970 g/mol. The summed E-state index contributed by atoms with van der Waals surface area (Å²) >= 11 is 0. The maximum atomic E-state index is 2.88. The number of hydrogen-bond donors (Lipinski definition) is 0. The van der Waals surface area contributed by atoms with Gasteiger partial charge in [0, 0.05) is 56.2 Å². The molecule has 0 amide bonds. The molecule has 7 aromatic carbocycles. The fraction of sp³-hybridized carbons (Fsp3) is 0.400. The van der Waals surface area contributed by atoms with Crippen LogP contribution >= 0.6 is 0 Å². The summed E-state index contributed by atoms with van der Waals surface area (Å²) in [6.45, 7) is 32.2. The number of anilines is 8. The Morgan fingerprint density at radius 1 is 0.432 bits per heavy atom. The van der Waals surface area contributed by atoms with Crippen molar-refractivity contribution >= 4 is 68.6 Å². The zero-order valence-electron chi connectivity index (χ0n) is 46.7. The van der Waals surface area contributed by atoms with E-state index in [2.05, 4.69) is 232 Å². The molecule has 0 saturated heterocycles. The molecule has 0 N–H and O–H groups in total. The van der Waals surface area contributed by atoms with Crippen LogP contribution in [0.4, 0.5) is 45.5 Å². The highest BCUT2D eigenvalue weighted by Crippen LogP contribution is 2.63. The Bertz CT molecular complexity index is 3510. The minimum Gasteiger partial charge on any atom is -0.335 e. The molecule has 1 saturated carbocycles. The van der Waals surface area contributed by atoms with Crippen LogP contribution in [0.25, 0.3) is 11.1 Å². The normalized spacial score (nSPS) is 23.9. The highest BCUT2D eigenvalue weighted by atomic mass is 15.3. The number of nitrogens with zero attached hydrogens (tertiary/aromatic N) is 3. The molecular formula is C70H76BN3. The van der Waals surface area contributed by atoms with Crippen molar-refractivity contribution in [2.45, 2.75) is 179 Å². The van der Waals surface area contributed by atoms with Crippen molar-refractivity contribution in [2.75, 3.05) is 14.7 Å². The second-order valence-corrected chi connectivity index (χ2v) is 27.8. The second-order valence-electron chi connectivity index (χ2n) is 27.8. The van der Waals surface area contributed by atoms with Gasteiger partial charge in [0.05, 0.1) is 11.2 Å². The van der Waals surface area contributed by atoms with Gasteiger partial charge < -0.3 is 14.7 Å². The molecule has 1 fully saturated rings. The van der Waals surface area contributed by atoms with Gasteiger partial charge in [0.15, 0.2) is 0 Å². The van der Waals surface area contributed by atoms with Gasteiger partial charge >= 0.3 is 0 Å². The smallest absolute Gasteiger partial charge is 0.252 e. The number of para-hydroxylation sites is 1. The molecule has 3 heterocycles. The number of benzene rings is 7. The van der Waals surface area contributed by atoms with E-state index in [0.717, 1.165) is 0 Å². The molecule has 4 aliphatic carbocycles. The summed E-state index contributed by atoms with van der Waals surface area (Å²) in [7, 11) is 0. The predicted molar refractivity (Wildman–Crippen MR) is 316 cm³/mol. The van der Waals surface area contributed by atoms with Crippen LogP contribution in [0.5, 0.6) is 0 Å². The summed E-state index contributed by atoms with van der Waals surface area (Å²) in [4.78, 5) is 8.25. The van der Waals surface area contributed by atoms with Crippen LogP contribution in [0, 0.1) is 6.92 Å². The van der Waals surface area contributed by atoms with Gasteiger partial charge in [-0.2, -0.15) is 0 Å². The van der Waals surface area contributed by atoms with Gasteiger partial charge in [-0.3, -0.25) is 0 Å². The lowest BCUT2D eigenvalue weighted by Gasteiger charge is -2.53. The van der Waals surface area contributed by atoms with Gasteiger partial charge in [-0.1, -0.05) is 162 Å². The Morgan fingerprint density at radius 2 is 0.986 bits per heavy atom. The van der Waals surface area contributed by atoms with Crippen molar-refractivity contribution in [3.8, 4) is 11.1 Å². The third-order valence-electron chi connectivity index (χ3n) is 21.4. The van der Waals surface area contributed by atoms with E-state index < -0.39 is 0 Å². The molecule has 7 aromatic rings. The molecule has 2 atom stereocenters. The Hall–Kier alpha value is -6.00. The van der Waals surface area contributed by atoms with E-state index in [1.165, 1.54) is 163 Å². The molecule has 0 spiro atoms. The molecule has 0 radical (unpaired) electrons. The Morgan fingerprint density at radius 3 is 1.66 bits per heavy atom. The van der Waals surface area contributed by atoms with Gasteiger partial charge in [0.1, 0.15) is 0 Å². The minimum atomic E-state index is -0.137. The van der Waals surface area contributed by atoms with Crippen molar-refractivity contribution in [1.29, 1.82) is 0 Å². The van der Waals surface area contributed by atoms with Crippen LogP contribution < -0.4 is 31.1 Å². The predicted octanol–water partition coefficient (Wildman–Crippen LogP) is 16.8. The van der Waals surface area contributed by atoms with Crippen molar-refractivity contribution in [3.63, 3.8) is 0 Å². The monoisotopic (exact) mass is 970 g/mol. The summed E-state index contributed by atoms with van der Waals surface area (Å²) in [5.74, 6) is 0. The van der Waals surface area contributed by atoms with Crippen LogP contribution in [-0.2, 0) is 32.5 Å². The van der Waals surface area contributed by atoms with Crippen molar-refractivity contribution in [2.24, 2.45) is 0 Å². The van der Waals surface area contributed by atoms with Gasteiger partial charge in [-0.05, 0) is 195 Å².